The zero-order valence-electron chi connectivity index (χ0n) is 18.7. The molecule has 2 heterocycles. The van der Waals surface area contributed by atoms with Crippen molar-refractivity contribution in [3.05, 3.63) is 46.2 Å². The summed E-state index contributed by atoms with van der Waals surface area (Å²) in [6.07, 6.45) is 1.28. The number of hydrogen-bond acceptors (Lipinski definition) is 5. The Morgan fingerprint density at radius 3 is 2.67 bits per heavy atom. The summed E-state index contributed by atoms with van der Waals surface area (Å²) >= 11 is 0. The number of ketones is 1. The van der Waals surface area contributed by atoms with Crippen LogP contribution in [0.15, 0.2) is 35.1 Å². The highest BCUT2D eigenvalue weighted by Gasteiger charge is 2.26. The van der Waals surface area contributed by atoms with Gasteiger partial charge in [0.2, 0.25) is 0 Å². The first-order valence-electron chi connectivity index (χ1n) is 10.7. The maximum absolute atomic E-state index is 12.9. The zero-order valence-corrected chi connectivity index (χ0v) is 18.7. The second-order valence-corrected chi connectivity index (χ2v) is 8.70. The predicted octanol–water partition coefficient (Wildman–Crippen LogP) is 3.52. The summed E-state index contributed by atoms with van der Waals surface area (Å²) in [5.41, 5.74) is 3.03. The lowest BCUT2D eigenvalue weighted by Crippen LogP contribution is -2.28. The third-order valence-electron chi connectivity index (χ3n) is 5.68. The number of hydrogen-bond donors (Lipinski definition) is 1. The Kier molecular flexibility index (Phi) is 6.98. The van der Waals surface area contributed by atoms with E-state index in [4.69, 9.17) is 4.74 Å². The first kappa shape index (κ1) is 22.1. The lowest BCUT2D eigenvalue weighted by molar-refractivity contribution is -0.121. The topological polar surface area (TPSA) is 65.6 Å². The first-order chi connectivity index (χ1) is 14.3. The molecule has 1 unspecified atom stereocenters. The van der Waals surface area contributed by atoms with Crippen LogP contribution in [-0.4, -0.2) is 56.5 Å². The van der Waals surface area contributed by atoms with E-state index < -0.39 is 0 Å². The Morgan fingerprint density at radius 2 is 2.00 bits per heavy atom. The van der Waals surface area contributed by atoms with E-state index in [1.54, 1.807) is 0 Å². The predicted molar refractivity (Wildman–Crippen MR) is 122 cm³/mol. The molecule has 0 saturated carbocycles. The summed E-state index contributed by atoms with van der Waals surface area (Å²) in [7, 11) is 6.04. The number of pyridine rings is 1. The van der Waals surface area contributed by atoms with Gasteiger partial charge in [0, 0.05) is 30.3 Å². The van der Waals surface area contributed by atoms with E-state index in [0.29, 0.717) is 18.6 Å². The van der Waals surface area contributed by atoms with Gasteiger partial charge in [-0.05, 0) is 51.2 Å². The minimum atomic E-state index is -0.384. The molecular formula is C24H33N3O3. The molecule has 0 spiro atoms. The van der Waals surface area contributed by atoms with Crippen molar-refractivity contribution in [3.8, 4) is 17.0 Å². The molecule has 30 heavy (non-hydrogen) atoms. The van der Waals surface area contributed by atoms with Crippen LogP contribution in [0.4, 0.5) is 5.69 Å². The van der Waals surface area contributed by atoms with Crippen LogP contribution in [0, 0.1) is 5.92 Å². The number of aromatic nitrogens is 1. The van der Waals surface area contributed by atoms with Crippen molar-refractivity contribution in [2.75, 3.05) is 45.7 Å². The lowest BCUT2D eigenvalue weighted by Gasteiger charge is -2.28. The number of Topliss-reactive ketones (excluding diaryl/α,β-unsaturated/α-hetero) is 1. The highest BCUT2D eigenvalue weighted by Crippen LogP contribution is 2.34. The van der Waals surface area contributed by atoms with Crippen molar-refractivity contribution in [1.29, 1.82) is 0 Å². The third kappa shape index (κ3) is 4.93. The number of ether oxygens (including phenoxy) is 1. The van der Waals surface area contributed by atoms with Gasteiger partial charge in [0.1, 0.15) is 18.1 Å². The van der Waals surface area contributed by atoms with E-state index >= 15 is 0 Å². The minimum absolute atomic E-state index is 0.0662. The van der Waals surface area contributed by atoms with Gasteiger partial charge < -0.3 is 19.5 Å². The minimum Gasteiger partial charge on any atom is -0.490 e. The number of carbonyl (C=O) groups is 1. The number of fused-ring (bicyclic) bond motifs is 1. The molecule has 6 heteroatoms. The second-order valence-electron chi connectivity index (χ2n) is 8.70. The smallest absolute Gasteiger partial charge is 0.252 e. The standard InChI is InChI=1S/C24H33N3O3/c1-16(2)23(21(28)7-6-12-26(3)4)18-9-10-19(25-24(18)29)17-8-11-20-22(15-17)30-14-13-27(20)5/h8-11,15-16,23H,6-7,12-14H2,1-5H3,(H,25,29). The molecule has 1 aliphatic heterocycles. The average Bonchev–Trinajstić information content (AvgIpc) is 2.69. The van der Waals surface area contributed by atoms with Gasteiger partial charge >= 0.3 is 0 Å². The Labute approximate surface area is 178 Å². The van der Waals surface area contributed by atoms with Gasteiger partial charge in [-0.25, -0.2) is 0 Å². The third-order valence-corrected chi connectivity index (χ3v) is 5.68. The zero-order chi connectivity index (χ0) is 21.8. The molecule has 0 radical (unpaired) electrons. The van der Waals surface area contributed by atoms with E-state index in [1.165, 1.54) is 0 Å². The maximum atomic E-state index is 12.9. The number of rotatable bonds is 8. The molecular weight excluding hydrogens is 378 g/mol. The van der Waals surface area contributed by atoms with E-state index in [1.807, 2.05) is 65.3 Å². The van der Waals surface area contributed by atoms with Gasteiger partial charge in [-0.1, -0.05) is 26.0 Å². The van der Waals surface area contributed by atoms with E-state index in [2.05, 4.69) is 14.8 Å². The van der Waals surface area contributed by atoms with Gasteiger partial charge in [0.05, 0.1) is 18.2 Å². The normalized spacial score (nSPS) is 14.6. The molecule has 2 aromatic rings. The van der Waals surface area contributed by atoms with Gasteiger partial charge in [-0.3, -0.25) is 9.59 Å². The molecule has 0 fully saturated rings. The van der Waals surface area contributed by atoms with E-state index in [0.717, 1.165) is 42.2 Å². The Bertz CT molecular complexity index is 949. The molecule has 0 saturated heterocycles. The molecule has 3 rings (SSSR count). The average molecular weight is 412 g/mol. The quantitative estimate of drug-likeness (QED) is 0.720. The Hall–Kier alpha value is -2.60. The largest absolute Gasteiger partial charge is 0.490 e. The number of anilines is 1. The highest BCUT2D eigenvalue weighted by molar-refractivity contribution is 5.86. The molecule has 1 aromatic heterocycles. The van der Waals surface area contributed by atoms with Crippen molar-refractivity contribution >= 4 is 11.5 Å². The highest BCUT2D eigenvalue weighted by atomic mass is 16.5. The number of likely N-dealkylation sites (N-methyl/N-ethyl adjacent to an activating group) is 1. The molecule has 0 aliphatic carbocycles. The lowest BCUT2D eigenvalue weighted by atomic mass is 9.83. The summed E-state index contributed by atoms with van der Waals surface area (Å²) in [4.78, 5) is 33.0. The SMILES string of the molecule is CC(C)C(C(=O)CCCN(C)C)c1ccc(-c2ccc3c(c2)OCCN3C)[nH]c1=O. The summed E-state index contributed by atoms with van der Waals surface area (Å²) in [5, 5.41) is 0. The van der Waals surface area contributed by atoms with Gasteiger partial charge in [0.25, 0.3) is 5.56 Å². The van der Waals surface area contributed by atoms with Crippen LogP contribution < -0.4 is 15.2 Å². The van der Waals surface area contributed by atoms with Crippen molar-refractivity contribution in [3.63, 3.8) is 0 Å². The number of H-pyrrole nitrogens is 1. The summed E-state index contributed by atoms with van der Waals surface area (Å²) in [6.45, 7) is 6.37. The van der Waals surface area contributed by atoms with Crippen LogP contribution in [0.3, 0.4) is 0 Å². The van der Waals surface area contributed by atoms with Crippen LogP contribution in [-0.2, 0) is 4.79 Å². The molecule has 1 N–H and O–H groups in total. The molecule has 1 aliphatic rings. The van der Waals surface area contributed by atoms with Crippen molar-refractivity contribution < 1.29 is 9.53 Å². The van der Waals surface area contributed by atoms with Crippen LogP contribution in [0.2, 0.25) is 0 Å². The van der Waals surface area contributed by atoms with Crippen molar-refractivity contribution in [2.24, 2.45) is 5.92 Å². The van der Waals surface area contributed by atoms with Crippen LogP contribution in [0.25, 0.3) is 11.3 Å². The molecule has 0 bridgehead atoms. The number of aromatic amines is 1. The number of nitrogens with one attached hydrogen (secondary N) is 1. The summed E-state index contributed by atoms with van der Waals surface area (Å²) in [5.74, 6) is 0.639. The fourth-order valence-electron chi connectivity index (χ4n) is 4.05. The fraction of sp³-hybridized carbons (Fsp3) is 0.500. The molecule has 6 nitrogen and oxygen atoms in total. The first-order valence-corrected chi connectivity index (χ1v) is 10.7. The summed E-state index contributed by atoms with van der Waals surface area (Å²) < 4.78 is 5.78. The number of benzene rings is 1. The van der Waals surface area contributed by atoms with Crippen LogP contribution in [0.5, 0.6) is 5.75 Å². The van der Waals surface area contributed by atoms with Crippen molar-refractivity contribution in [1.82, 2.24) is 9.88 Å². The molecule has 1 aromatic carbocycles. The fourth-order valence-corrected chi connectivity index (χ4v) is 4.05. The Balaban J connectivity index is 1.85. The molecule has 0 amide bonds. The van der Waals surface area contributed by atoms with Gasteiger partial charge in [0.15, 0.2) is 0 Å². The van der Waals surface area contributed by atoms with E-state index in [-0.39, 0.29) is 23.2 Å². The Morgan fingerprint density at radius 1 is 1.23 bits per heavy atom. The van der Waals surface area contributed by atoms with E-state index in [9.17, 15) is 9.59 Å². The second kappa shape index (κ2) is 9.47. The maximum Gasteiger partial charge on any atom is 0.252 e. The van der Waals surface area contributed by atoms with Crippen molar-refractivity contribution in [2.45, 2.75) is 32.6 Å². The summed E-state index contributed by atoms with van der Waals surface area (Å²) in [6, 6.07) is 9.67. The number of carbonyl (C=O) groups excluding carboxylic acids is 1. The van der Waals surface area contributed by atoms with Gasteiger partial charge in [-0.15, -0.1) is 0 Å². The van der Waals surface area contributed by atoms with Gasteiger partial charge in [-0.2, -0.15) is 0 Å². The van der Waals surface area contributed by atoms with Crippen LogP contribution >= 0.6 is 0 Å². The monoisotopic (exact) mass is 411 g/mol. The van der Waals surface area contributed by atoms with Crippen LogP contribution in [0.1, 0.15) is 38.2 Å². The number of nitrogens with zero attached hydrogens (tertiary/aromatic N) is 2. The molecule has 1 atom stereocenters. The molecule has 162 valence electrons.